The summed E-state index contributed by atoms with van der Waals surface area (Å²) in [6.07, 6.45) is 0.965. The van der Waals surface area contributed by atoms with Crippen molar-refractivity contribution in [2.24, 2.45) is 11.7 Å². The number of carbonyl (C=O) groups excluding carboxylic acids is 1. The molecule has 114 valence electrons. The molecule has 0 aliphatic carbocycles. The first-order valence-electron chi connectivity index (χ1n) is 6.81. The summed E-state index contributed by atoms with van der Waals surface area (Å²) in [5, 5.41) is 3.92. The zero-order valence-corrected chi connectivity index (χ0v) is 13.4. The lowest BCUT2D eigenvalue weighted by atomic mass is 9.93. The minimum absolute atomic E-state index is 0. The number of hydrogen-bond donors (Lipinski definition) is 1. The minimum Gasteiger partial charge on any atom is -0.360 e. The van der Waals surface area contributed by atoms with Gasteiger partial charge in [-0.3, -0.25) is 4.79 Å². The van der Waals surface area contributed by atoms with Gasteiger partial charge in [0, 0.05) is 24.1 Å². The van der Waals surface area contributed by atoms with Gasteiger partial charge in [-0.15, -0.1) is 12.4 Å². The maximum Gasteiger partial charge on any atom is 0.276 e. The second-order valence-electron chi connectivity index (χ2n) is 6.47. The lowest BCUT2D eigenvalue weighted by Gasteiger charge is -2.19. The number of likely N-dealkylation sites (tertiary alicyclic amines) is 1. The normalized spacial score (nSPS) is 22.8. The second kappa shape index (κ2) is 6.14. The summed E-state index contributed by atoms with van der Waals surface area (Å²) in [5.74, 6) is 1.08. The standard InChI is InChI=1S/C14H23N3O2.ClH/c1-9-5-10(7-15)8-17(9)13(18)11-6-12(19-16-11)14(2,3)4;/h6,9-10H,5,7-8,15H2,1-4H3;1H. The molecule has 1 aliphatic rings. The number of rotatable bonds is 2. The zero-order valence-electron chi connectivity index (χ0n) is 12.5. The molecule has 1 aromatic heterocycles. The SMILES string of the molecule is CC1CC(CN)CN1C(=O)c1cc(C(C)(C)C)on1.Cl. The molecule has 1 fully saturated rings. The molecule has 1 saturated heterocycles. The van der Waals surface area contributed by atoms with Crippen molar-refractivity contribution in [2.75, 3.05) is 13.1 Å². The molecule has 6 heteroatoms. The fraction of sp³-hybridized carbons (Fsp3) is 0.714. The van der Waals surface area contributed by atoms with Crippen LogP contribution in [0.5, 0.6) is 0 Å². The van der Waals surface area contributed by atoms with Gasteiger partial charge in [0.2, 0.25) is 0 Å². The average Bonchev–Trinajstić information content (AvgIpc) is 2.93. The molecule has 0 aromatic carbocycles. The number of amides is 1. The maximum absolute atomic E-state index is 12.4. The van der Waals surface area contributed by atoms with E-state index in [0.29, 0.717) is 24.7 Å². The summed E-state index contributed by atoms with van der Waals surface area (Å²) in [6.45, 7) is 9.49. The Balaban J connectivity index is 0.00000200. The molecule has 2 unspecified atom stereocenters. The molecule has 20 heavy (non-hydrogen) atoms. The monoisotopic (exact) mass is 301 g/mol. The maximum atomic E-state index is 12.4. The van der Waals surface area contributed by atoms with Gasteiger partial charge in [-0.25, -0.2) is 0 Å². The summed E-state index contributed by atoms with van der Waals surface area (Å²) in [7, 11) is 0. The topological polar surface area (TPSA) is 72.4 Å². The van der Waals surface area contributed by atoms with Crippen molar-refractivity contribution in [3.8, 4) is 0 Å². The predicted octanol–water partition coefficient (Wildman–Crippen LogP) is 2.20. The Kier molecular flexibility index (Phi) is 5.21. The summed E-state index contributed by atoms with van der Waals surface area (Å²) in [6, 6.07) is 1.97. The Bertz CT molecular complexity index is 467. The van der Waals surface area contributed by atoms with Crippen molar-refractivity contribution in [1.29, 1.82) is 0 Å². The van der Waals surface area contributed by atoms with Gasteiger partial charge in [0.15, 0.2) is 5.69 Å². The second-order valence-corrected chi connectivity index (χ2v) is 6.47. The van der Waals surface area contributed by atoms with E-state index in [0.717, 1.165) is 12.2 Å². The van der Waals surface area contributed by atoms with Gasteiger partial charge in [0.05, 0.1) is 0 Å². The van der Waals surface area contributed by atoms with Gasteiger partial charge in [0.1, 0.15) is 5.76 Å². The number of carbonyl (C=O) groups is 1. The summed E-state index contributed by atoms with van der Waals surface area (Å²) < 4.78 is 5.28. The molecule has 0 saturated carbocycles. The average molecular weight is 302 g/mol. The molecule has 0 bridgehead atoms. The van der Waals surface area contributed by atoms with Crippen LogP contribution < -0.4 is 5.73 Å². The fourth-order valence-electron chi connectivity index (χ4n) is 2.47. The third-order valence-corrected chi connectivity index (χ3v) is 3.72. The molecule has 2 rings (SSSR count). The lowest BCUT2D eigenvalue weighted by molar-refractivity contribution is 0.0732. The van der Waals surface area contributed by atoms with E-state index in [1.807, 2.05) is 25.7 Å². The summed E-state index contributed by atoms with van der Waals surface area (Å²) in [5.41, 5.74) is 5.95. The van der Waals surface area contributed by atoms with Crippen LogP contribution in [0.15, 0.2) is 10.6 Å². The van der Waals surface area contributed by atoms with Crippen LogP contribution in [0.2, 0.25) is 0 Å². The quantitative estimate of drug-likeness (QED) is 0.909. The highest BCUT2D eigenvalue weighted by atomic mass is 35.5. The predicted molar refractivity (Wildman–Crippen MR) is 80.1 cm³/mol. The van der Waals surface area contributed by atoms with E-state index in [1.165, 1.54) is 0 Å². The Hall–Kier alpha value is -1.07. The van der Waals surface area contributed by atoms with Crippen LogP contribution >= 0.6 is 12.4 Å². The molecule has 2 heterocycles. The first-order chi connectivity index (χ1) is 8.82. The van der Waals surface area contributed by atoms with Crippen molar-refractivity contribution in [3.63, 3.8) is 0 Å². The van der Waals surface area contributed by atoms with Gasteiger partial charge < -0.3 is 15.2 Å². The summed E-state index contributed by atoms with van der Waals surface area (Å²) >= 11 is 0. The Morgan fingerprint density at radius 1 is 1.55 bits per heavy atom. The van der Waals surface area contributed by atoms with Crippen LogP contribution in [0.4, 0.5) is 0 Å². The molecule has 1 aromatic rings. The Labute approximate surface area is 126 Å². The van der Waals surface area contributed by atoms with Crippen LogP contribution in [-0.2, 0) is 5.41 Å². The minimum atomic E-state index is -0.137. The van der Waals surface area contributed by atoms with E-state index in [9.17, 15) is 4.79 Å². The van der Waals surface area contributed by atoms with Crippen molar-refractivity contribution in [2.45, 2.75) is 45.6 Å². The van der Waals surface area contributed by atoms with Crippen LogP contribution in [0.3, 0.4) is 0 Å². The number of nitrogens with zero attached hydrogens (tertiary/aromatic N) is 2. The van der Waals surface area contributed by atoms with E-state index in [1.54, 1.807) is 6.07 Å². The van der Waals surface area contributed by atoms with Crippen LogP contribution in [0.25, 0.3) is 0 Å². The third-order valence-electron chi connectivity index (χ3n) is 3.72. The molecule has 0 spiro atoms. The Morgan fingerprint density at radius 3 is 2.65 bits per heavy atom. The molecule has 5 nitrogen and oxygen atoms in total. The van der Waals surface area contributed by atoms with Gasteiger partial charge in [-0.05, 0) is 25.8 Å². The van der Waals surface area contributed by atoms with E-state index in [2.05, 4.69) is 12.1 Å². The molecular weight excluding hydrogens is 278 g/mol. The van der Waals surface area contributed by atoms with Crippen LogP contribution in [0, 0.1) is 5.92 Å². The highest BCUT2D eigenvalue weighted by Gasteiger charge is 2.34. The molecular formula is C14H24ClN3O2. The van der Waals surface area contributed by atoms with Crippen LogP contribution in [0.1, 0.15) is 50.4 Å². The van der Waals surface area contributed by atoms with E-state index in [4.69, 9.17) is 10.3 Å². The van der Waals surface area contributed by atoms with Gasteiger partial charge in [-0.2, -0.15) is 0 Å². The number of hydrogen-bond acceptors (Lipinski definition) is 4. The number of nitrogens with two attached hydrogens (primary N) is 1. The van der Waals surface area contributed by atoms with Gasteiger partial charge >= 0.3 is 0 Å². The molecule has 1 aliphatic heterocycles. The highest BCUT2D eigenvalue weighted by molar-refractivity contribution is 5.92. The lowest BCUT2D eigenvalue weighted by Crippen LogP contribution is -2.34. The Morgan fingerprint density at radius 2 is 2.20 bits per heavy atom. The fourth-order valence-corrected chi connectivity index (χ4v) is 2.47. The molecule has 0 radical (unpaired) electrons. The molecule has 2 atom stereocenters. The highest BCUT2D eigenvalue weighted by Crippen LogP contribution is 2.26. The summed E-state index contributed by atoms with van der Waals surface area (Å²) in [4.78, 5) is 14.3. The molecule has 1 amide bonds. The van der Waals surface area contributed by atoms with E-state index in [-0.39, 0.29) is 29.8 Å². The van der Waals surface area contributed by atoms with Crippen molar-refractivity contribution in [3.05, 3.63) is 17.5 Å². The number of halogens is 1. The van der Waals surface area contributed by atoms with Crippen molar-refractivity contribution in [1.82, 2.24) is 10.1 Å². The molecule has 2 N–H and O–H groups in total. The smallest absolute Gasteiger partial charge is 0.276 e. The van der Waals surface area contributed by atoms with Crippen molar-refractivity contribution >= 4 is 18.3 Å². The number of aromatic nitrogens is 1. The zero-order chi connectivity index (χ0) is 14.2. The van der Waals surface area contributed by atoms with E-state index >= 15 is 0 Å². The largest absolute Gasteiger partial charge is 0.360 e. The van der Waals surface area contributed by atoms with Gasteiger partial charge in [-0.1, -0.05) is 25.9 Å². The van der Waals surface area contributed by atoms with Crippen LogP contribution in [-0.4, -0.2) is 35.1 Å². The van der Waals surface area contributed by atoms with E-state index < -0.39 is 0 Å². The van der Waals surface area contributed by atoms with Crippen molar-refractivity contribution < 1.29 is 9.32 Å². The van der Waals surface area contributed by atoms with Gasteiger partial charge in [0.25, 0.3) is 5.91 Å². The first-order valence-corrected chi connectivity index (χ1v) is 6.81. The first kappa shape index (κ1) is 17.0. The third kappa shape index (κ3) is 3.33.